The largest absolute Gasteiger partial charge is 0.423 e. The average Bonchev–Trinajstić information content (AvgIpc) is 3.19. The second kappa shape index (κ2) is 8.70. The molecule has 0 aliphatic heterocycles. The van der Waals surface area contributed by atoms with E-state index in [0.29, 0.717) is 28.8 Å². The molecule has 0 fully saturated rings. The number of imidazole rings is 1. The van der Waals surface area contributed by atoms with Crippen LogP contribution in [0.4, 0.5) is 10.5 Å². The van der Waals surface area contributed by atoms with E-state index in [-0.39, 0.29) is 6.03 Å². The first-order valence-electron chi connectivity index (χ1n) is 8.22. The summed E-state index contributed by atoms with van der Waals surface area (Å²) in [5.41, 5.74) is 1.13. The summed E-state index contributed by atoms with van der Waals surface area (Å²) in [4.78, 5) is 28.7. The number of hydrogen-bond donors (Lipinski definition) is 2. The van der Waals surface area contributed by atoms with Crippen molar-refractivity contribution >= 4 is 51.7 Å². The van der Waals surface area contributed by atoms with Crippen LogP contribution < -0.4 is 15.4 Å². The Labute approximate surface area is 164 Å². The normalized spacial score (nSPS) is 11.0. The number of fused-ring (bicyclic) bond motifs is 1. The van der Waals surface area contributed by atoms with E-state index in [1.807, 2.05) is 18.5 Å². The molecular weight excluding hydrogens is 388 g/mol. The molecule has 0 saturated heterocycles. The molecule has 0 unspecified atom stereocenters. The fraction of sp³-hybridized carbons (Fsp3) is 0.167. The lowest BCUT2D eigenvalue weighted by Gasteiger charge is -2.08. The number of rotatable bonds is 6. The van der Waals surface area contributed by atoms with Crippen LogP contribution >= 0.6 is 22.9 Å². The molecule has 9 heteroatoms. The highest BCUT2D eigenvalue weighted by atomic mass is 35.5. The lowest BCUT2D eigenvalue weighted by Crippen LogP contribution is -2.29. The Morgan fingerprint density at radius 3 is 3.07 bits per heavy atom. The van der Waals surface area contributed by atoms with Crippen LogP contribution in [0.25, 0.3) is 11.0 Å². The minimum Gasteiger partial charge on any atom is -0.423 e. The number of ether oxygens (including phenoxy) is 1. The van der Waals surface area contributed by atoms with Crippen molar-refractivity contribution in [2.45, 2.75) is 13.3 Å². The van der Waals surface area contributed by atoms with E-state index >= 15 is 0 Å². The minimum absolute atomic E-state index is 0.310. The third kappa shape index (κ3) is 4.87. The van der Waals surface area contributed by atoms with Crippen LogP contribution in [0.5, 0.6) is 5.75 Å². The van der Waals surface area contributed by atoms with Gasteiger partial charge in [-0.3, -0.25) is 4.40 Å². The molecular formula is C18H17ClN4O3S. The van der Waals surface area contributed by atoms with Gasteiger partial charge in [0.2, 0.25) is 0 Å². The fourth-order valence-electron chi connectivity index (χ4n) is 2.27. The number of aromatic nitrogens is 2. The van der Waals surface area contributed by atoms with Crippen LogP contribution in [0.2, 0.25) is 5.15 Å². The molecule has 27 heavy (non-hydrogen) atoms. The molecule has 2 aromatic heterocycles. The van der Waals surface area contributed by atoms with Crippen molar-refractivity contribution in [3.8, 4) is 5.75 Å². The smallest absolute Gasteiger partial charge is 0.336 e. The summed E-state index contributed by atoms with van der Waals surface area (Å²) in [6.07, 6.45) is 5.50. The predicted molar refractivity (Wildman–Crippen MR) is 107 cm³/mol. The fourth-order valence-corrected chi connectivity index (χ4v) is 3.28. The molecule has 0 radical (unpaired) electrons. The van der Waals surface area contributed by atoms with Gasteiger partial charge in [0.05, 0.1) is 5.69 Å². The van der Waals surface area contributed by atoms with Crippen LogP contribution in [0, 0.1) is 0 Å². The number of nitrogens with one attached hydrogen (secondary N) is 2. The Morgan fingerprint density at radius 1 is 1.41 bits per heavy atom. The zero-order valence-corrected chi connectivity index (χ0v) is 16.0. The standard InChI is InChI=1S/C18H17ClN4O3S/c1-2-8-20-17(25)21-12-4-3-5-13(11-12)26-15(24)7-6-14-16(19)22-18-23(14)9-10-27-18/h3-7,9-11H,2,8H2,1H3,(H2,20,21,25)/b7-6+. The summed E-state index contributed by atoms with van der Waals surface area (Å²) in [6, 6.07) is 6.28. The van der Waals surface area contributed by atoms with Gasteiger partial charge in [-0.15, -0.1) is 11.3 Å². The van der Waals surface area contributed by atoms with E-state index in [4.69, 9.17) is 16.3 Å². The van der Waals surface area contributed by atoms with E-state index in [0.717, 1.165) is 11.4 Å². The second-order valence-electron chi connectivity index (χ2n) is 5.51. The van der Waals surface area contributed by atoms with Crippen molar-refractivity contribution in [2.24, 2.45) is 0 Å². The number of carbonyl (C=O) groups is 2. The Balaban J connectivity index is 1.64. The molecule has 0 saturated carbocycles. The Bertz CT molecular complexity index is 996. The number of carbonyl (C=O) groups excluding carboxylic acids is 2. The van der Waals surface area contributed by atoms with Crippen LogP contribution in [0.1, 0.15) is 19.0 Å². The third-order valence-corrected chi connectivity index (χ3v) is 4.51. The highest BCUT2D eigenvalue weighted by Gasteiger charge is 2.09. The lowest BCUT2D eigenvalue weighted by atomic mass is 10.3. The highest BCUT2D eigenvalue weighted by Crippen LogP contribution is 2.22. The molecule has 0 atom stereocenters. The SMILES string of the molecule is CCCNC(=O)Nc1cccc(OC(=O)/C=C/c2c(Cl)nc3sccn23)c1. The van der Waals surface area contributed by atoms with Crippen LogP contribution in [-0.4, -0.2) is 27.9 Å². The summed E-state index contributed by atoms with van der Waals surface area (Å²) in [7, 11) is 0. The van der Waals surface area contributed by atoms with E-state index < -0.39 is 5.97 Å². The third-order valence-electron chi connectivity index (χ3n) is 3.48. The van der Waals surface area contributed by atoms with Crippen molar-refractivity contribution in [2.75, 3.05) is 11.9 Å². The predicted octanol–water partition coefficient (Wildman–Crippen LogP) is 4.20. The molecule has 3 rings (SSSR count). The molecule has 7 nitrogen and oxygen atoms in total. The van der Waals surface area contributed by atoms with Crippen LogP contribution in [-0.2, 0) is 4.79 Å². The Hall–Kier alpha value is -2.84. The second-order valence-corrected chi connectivity index (χ2v) is 6.74. The van der Waals surface area contributed by atoms with Gasteiger partial charge in [0.1, 0.15) is 5.75 Å². The van der Waals surface area contributed by atoms with Gasteiger partial charge in [0.15, 0.2) is 10.1 Å². The van der Waals surface area contributed by atoms with Gasteiger partial charge in [-0.2, -0.15) is 0 Å². The van der Waals surface area contributed by atoms with Gasteiger partial charge < -0.3 is 15.4 Å². The molecule has 0 aliphatic rings. The van der Waals surface area contributed by atoms with Gasteiger partial charge in [-0.25, -0.2) is 14.6 Å². The van der Waals surface area contributed by atoms with E-state index in [2.05, 4.69) is 15.6 Å². The first-order valence-corrected chi connectivity index (χ1v) is 9.48. The molecule has 2 heterocycles. The number of thiazole rings is 1. The van der Waals surface area contributed by atoms with Crippen molar-refractivity contribution in [1.29, 1.82) is 0 Å². The summed E-state index contributed by atoms with van der Waals surface area (Å²) in [5, 5.41) is 7.58. The van der Waals surface area contributed by atoms with E-state index in [1.165, 1.54) is 17.4 Å². The number of amides is 2. The molecule has 0 aliphatic carbocycles. The van der Waals surface area contributed by atoms with Crippen molar-refractivity contribution < 1.29 is 14.3 Å². The summed E-state index contributed by atoms with van der Waals surface area (Å²) < 4.78 is 7.07. The van der Waals surface area contributed by atoms with Gasteiger partial charge in [-0.1, -0.05) is 24.6 Å². The van der Waals surface area contributed by atoms with Crippen LogP contribution in [0.15, 0.2) is 41.9 Å². The maximum Gasteiger partial charge on any atom is 0.336 e. The highest BCUT2D eigenvalue weighted by molar-refractivity contribution is 7.15. The molecule has 1 aromatic carbocycles. The first-order chi connectivity index (χ1) is 13.1. The molecule has 3 aromatic rings. The number of nitrogens with zero attached hydrogens (tertiary/aromatic N) is 2. The van der Waals surface area contributed by atoms with Crippen molar-refractivity contribution in [3.05, 3.63) is 52.8 Å². The molecule has 0 bridgehead atoms. The van der Waals surface area contributed by atoms with Crippen LogP contribution in [0.3, 0.4) is 0 Å². The van der Waals surface area contributed by atoms with Gasteiger partial charge >= 0.3 is 12.0 Å². The lowest BCUT2D eigenvalue weighted by molar-refractivity contribution is -0.128. The molecule has 2 N–H and O–H groups in total. The Morgan fingerprint density at radius 2 is 2.26 bits per heavy atom. The van der Waals surface area contributed by atoms with Crippen molar-refractivity contribution in [1.82, 2.24) is 14.7 Å². The zero-order valence-electron chi connectivity index (χ0n) is 14.4. The van der Waals surface area contributed by atoms with Gasteiger partial charge in [0, 0.05) is 36.0 Å². The first kappa shape index (κ1) is 18.9. The number of esters is 1. The minimum atomic E-state index is -0.566. The molecule has 140 valence electrons. The van der Waals surface area contributed by atoms with E-state index in [9.17, 15) is 9.59 Å². The van der Waals surface area contributed by atoms with Crippen molar-refractivity contribution in [3.63, 3.8) is 0 Å². The molecule has 2 amide bonds. The van der Waals surface area contributed by atoms with Gasteiger partial charge in [0.25, 0.3) is 0 Å². The topological polar surface area (TPSA) is 84.7 Å². The average molecular weight is 405 g/mol. The Kier molecular flexibility index (Phi) is 6.10. The number of hydrogen-bond acceptors (Lipinski definition) is 5. The number of benzene rings is 1. The zero-order chi connectivity index (χ0) is 19.2. The van der Waals surface area contributed by atoms with E-state index in [1.54, 1.807) is 34.7 Å². The maximum absolute atomic E-state index is 12.1. The summed E-state index contributed by atoms with van der Waals surface area (Å²) >= 11 is 7.53. The van der Waals surface area contributed by atoms with Gasteiger partial charge in [-0.05, 0) is 24.6 Å². The molecule has 0 spiro atoms. The number of urea groups is 1. The number of anilines is 1. The monoisotopic (exact) mass is 404 g/mol. The summed E-state index contributed by atoms with van der Waals surface area (Å²) in [5.74, 6) is -0.248. The number of halogens is 1. The quantitative estimate of drug-likeness (QED) is 0.366. The summed E-state index contributed by atoms with van der Waals surface area (Å²) in [6.45, 7) is 2.55. The maximum atomic E-state index is 12.1.